The van der Waals surface area contributed by atoms with Crippen LogP contribution in [0.25, 0.3) is 16.0 Å². The maximum atomic E-state index is 6.21. The van der Waals surface area contributed by atoms with Crippen molar-refractivity contribution in [1.82, 2.24) is 29.6 Å². The van der Waals surface area contributed by atoms with Crippen molar-refractivity contribution in [3.8, 4) is 5.82 Å². The maximum absolute atomic E-state index is 6.21. The number of nitrogen functional groups attached to an aromatic ring is 1. The van der Waals surface area contributed by atoms with E-state index in [0.717, 1.165) is 52.4 Å². The van der Waals surface area contributed by atoms with E-state index in [1.807, 2.05) is 12.3 Å². The fourth-order valence-corrected chi connectivity index (χ4v) is 7.65. The molecule has 3 aliphatic rings. The summed E-state index contributed by atoms with van der Waals surface area (Å²) in [7, 11) is 0. The van der Waals surface area contributed by atoms with Crippen LogP contribution in [0.1, 0.15) is 31.2 Å². The van der Waals surface area contributed by atoms with Crippen LogP contribution in [-0.2, 0) is 0 Å². The van der Waals surface area contributed by atoms with Crippen molar-refractivity contribution in [2.45, 2.75) is 38.6 Å². The average molecular weight is 536 g/mol. The summed E-state index contributed by atoms with van der Waals surface area (Å²) in [5.41, 5.74) is 10.2. The van der Waals surface area contributed by atoms with Gasteiger partial charge in [-0.3, -0.25) is 4.90 Å². The summed E-state index contributed by atoms with van der Waals surface area (Å²) in [5.74, 6) is 3.13. The van der Waals surface area contributed by atoms with Gasteiger partial charge >= 0.3 is 0 Å². The topological polar surface area (TPSA) is 101 Å². The Hall–Kier alpha value is -2.95. The van der Waals surface area contributed by atoms with Crippen LogP contribution in [0.15, 0.2) is 29.6 Å². The molecule has 2 saturated carbocycles. The van der Waals surface area contributed by atoms with Gasteiger partial charge in [0, 0.05) is 43.6 Å². The van der Waals surface area contributed by atoms with E-state index >= 15 is 0 Å². The molecule has 11 heteroatoms. The second-order valence-corrected chi connectivity index (χ2v) is 11.8. The number of nitrogens with one attached hydrogen (secondary N) is 1. The SMILES string of the molecule is Cc1csc2c(-n3nc(Nc4ccc(N5CCN([C@H]6C[C@@H]7CCC6C7)CC5)cc4)nc3N)nc(Cl)nc12. The monoisotopic (exact) mass is 535 g/mol. The maximum Gasteiger partial charge on any atom is 0.248 e. The molecular weight excluding hydrogens is 506 g/mol. The first-order valence-electron chi connectivity index (χ1n) is 13.0. The van der Waals surface area contributed by atoms with E-state index in [1.54, 1.807) is 0 Å². The third kappa shape index (κ3) is 4.20. The van der Waals surface area contributed by atoms with Crippen LogP contribution in [0, 0.1) is 18.8 Å². The first-order valence-corrected chi connectivity index (χ1v) is 14.3. The number of anilines is 4. The summed E-state index contributed by atoms with van der Waals surface area (Å²) in [6, 6.07) is 9.30. The third-order valence-corrected chi connectivity index (χ3v) is 9.60. The van der Waals surface area contributed by atoms with E-state index in [-0.39, 0.29) is 11.2 Å². The predicted molar refractivity (Wildman–Crippen MR) is 149 cm³/mol. The van der Waals surface area contributed by atoms with Crippen molar-refractivity contribution in [2.75, 3.05) is 42.1 Å². The molecule has 4 heterocycles. The number of fused-ring (bicyclic) bond motifs is 3. The van der Waals surface area contributed by atoms with E-state index < -0.39 is 0 Å². The van der Waals surface area contributed by atoms with Crippen molar-refractivity contribution in [3.63, 3.8) is 0 Å². The van der Waals surface area contributed by atoms with Gasteiger partial charge in [0.25, 0.3) is 0 Å². The minimum absolute atomic E-state index is 0.153. The summed E-state index contributed by atoms with van der Waals surface area (Å²) in [5, 5.41) is 10.0. The molecule has 3 aromatic heterocycles. The zero-order chi connectivity index (χ0) is 25.1. The molecule has 3 fully saturated rings. The highest BCUT2D eigenvalue weighted by molar-refractivity contribution is 7.17. The number of aryl methyl sites for hydroxylation is 1. The van der Waals surface area contributed by atoms with Gasteiger partial charge in [-0.15, -0.1) is 16.4 Å². The number of nitrogens with two attached hydrogens (primary N) is 1. The van der Waals surface area contributed by atoms with E-state index in [4.69, 9.17) is 17.3 Å². The van der Waals surface area contributed by atoms with Gasteiger partial charge < -0.3 is 16.0 Å². The number of hydrogen-bond acceptors (Lipinski definition) is 9. The summed E-state index contributed by atoms with van der Waals surface area (Å²) in [4.78, 5) is 18.4. The Morgan fingerprint density at radius 2 is 1.84 bits per heavy atom. The Kier molecular flexibility index (Phi) is 5.71. The Labute approximate surface area is 224 Å². The predicted octanol–water partition coefficient (Wildman–Crippen LogP) is 4.87. The second kappa shape index (κ2) is 9.11. The quantitative estimate of drug-likeness (QED) is 0.349. The molecule has 2 aliphatic carbocycles. The molecule has 1 saturated heterocycles. The fraction of sp³-hybridized carbons (Fsp3) is 0.462. The molecular formula is C26H30ClN9S. The smallest absolute Gasteiger partial charge is 0.248 e. The van der Waals surface area contributed by atoms with Gasteiger partial charge in [-0.2, -0.15) is 14.6 Å². The summed E-state index contributed by atoms with van der Waals surface area (Å²) >= 11 is 7.72. The van der Waals surface area contributed by atoms with E-state index in [1.165, 1.54) is 60.5 Å². The Balaban J connectivity index is 1.03. The average Bonchev–Trinajstić information content (AvgIpc) is 3.70. The second-order valence-electron chi connectivity index (χ2n) is 10.6. The van der Waals surface area contributed by atoms with Gasteiger partial charge in [0.15, 0.2) is 5.82 Å². The minimum Gasteiger partial charge on any atom is -0.369 e. The van der Waals surface area contributed by atoms with Crippen LogP contribution < -0.4 is 16.0 Å². The summed E-state index contributed by atoms with van der Waals surface area (Å²) in [6.45, 7) is 6.49. The van der Waals surface area contributed by atoms with Gasteiger partial charge in [0.05, 0.1) is 10.2 Å². The lowest BCUT2D eigenvalue weighted by Crippen LogP contribution is -2.51. The molecule has 1 aromatic carbocycles. The first kappa shape index (κ1) is 23.2. The van der Waals surface area contributed by atoms with Crippen molar-refractivity contribution in [1.29, 1.82) is 0 Å². The van der Waals surface area contributed by atoms with Crippen molar-refractivity contribution in [2.24, 2.45) is 11.8 Å². The van der Waals surface area contributed by atoms with Crippen molar-refractivity contribution < 1.29 is 0 Å². The van der Waals surface area contributed by atoms with E-state index in [2.05, 4.69) is 59.4 Å². The number of nitrogens with zero attached hydrogens (tertiary/aromatic N) is 7. The molecule has 192 valence electrons. The highest BCUT2D eigenvalue weighted by atomic mass is 35.5. The molecule has 0 radical (unpaired) electrons. The molecule has 2 bridgehead atoms. The fourth-order valence-electron chi connectivity index (χ4n) is 6.52. The van der Waals surface area contributed by atoms with Crippen LogP contribution >= 0.6 is 22.9 Å². The van der Waals surface area contributed by atoms with Crippen LogP contribution in [-0.4, -0.2) is 61.9 Å². The van der Waals surface area contributed by atoms with Gasteiger partial charge in [-0.25, -0.2) is 4.98 Å². The number of rotatable bonds is 5. The van der Waals surface area contributed by atoms with Gasteiger partial charge in [-0.05, 0) is 84.8 Å². The molecule has 37 heavy (non-hydrogen) atoms. The van der Waals surface area contributed by atoms with Crippen molar-refractivity contribution >= 4 is 56.4 Å². The number of piperazine rings is 1. The lowest BCUT2D eigenvalue weighted by atomic mass is 9.93. The van der Waals surface area contributed by atoms with E-state index in [9.17, 15) is 0 Å². The lowest BCUT2D eigenvalue weighted by Gasteiger charge is -2.41. The minimum atomic E-state index is 0.153. The summed E-state index contributed by atoms with van der Waals surface area (Å²) < 4.78 is 2.38. The molecule has 1 unspecified atom stereocenters. The molecule has 7 rings (SSSR count). The summed E-state index contributed by atoms with van der Waals surface area (Å²) in [6.07, 6.45) is 5.83. The van der Waals surface area contributed by atoms with Gasteiger partial charge in [0.1, 0.15) is 0 Å². The Morgan fingerprint density at radius 3 is 2.57 bits per heavy atom. The number of benzene rings is 1. The standard InChI is InChI=1S/C26H30ClN9S/c1-15-14-37-22-21(15)30-24(27)31-23(22)36-25(28)32-26(33-36)29-18-4-6-19(7-5-18)34-8-10-35(11-9-34)20-13-16-2-3-17(20)12-16/h4-7,14,16-17,20H,2-3,8-13H2,1H3,(H3,28,29,32,33)/t16-,17?,20+/m1/s1. The lowest BCUT2D eigenvalue weighted by molar-refractivity contribution is 0.135. The molecule has 3 atom stereocenters. The molecule has 0 spiro atoms. The molecule has 3 N–H and O–H groups in total. The van der Waals surface area contributed by atoms with E-state index in [0.29, 0.717) is 11.8 Å². The van der Waals surface area contributed by atoms with Crippen LogP contribution in [0.4, 0.5) is 23.3 Å². The third-order valence-electron chi connectivity index (χ3n) is 8.35. The number of hydrogen-bond donors (Lipinski definition) is 2. The Morgan fingerprint density at radius 1 is 1.03 bits per heavy atom. The number of halogens is 1. The normalized spacial score (nSPS) is 23.8. The number of thiophene rings is 1. The zero-order valence-electron chi connectivity index (χ0n) is 20.8. The van der Waals surface area contributed by atoms with Gasteiger partial charge in [-0.1, -0.05) is 6.42 Å². The zero-order valence-corrected chi connectivity index (χ0v) is 22.3. The highest BCUT2D eigenvalue weighted by Gasteiger charge is 2.42. The van der Waals surface area contributed by atoms with Crippen molar-refractivity contribution in [3.05, 3.63) is 40.5 Å². The Bertz CT molecular complexity index is 1440. The molecule has 9 nitrogen and oxygen atoms in total. The number of aromatic nitrogens is 5. The van der Waals surface area contributed by atoms with Crippen LogP contribution in [0.3, 0.4) is 0 Å². The molecule has 0 amide bonds. The molecule has 1 aliphatic heterocycles. The van der Waals surface area contributed by atoms with Crippen LogP contribution in [0.5, 0.6) is 0 Å². The highest BCUT2D eigenvalue weighted by Crippen LogP contribution is 2.46. The largest absolute Gasteiger partial charge is 0.369 e. The first-order chi connectivity index (χ1) is 18.0. The molecule has 4 aromatic rings. The van der Waals surface area contributed by atoms with Crippen LogP contribution in [0.2, 0.25) is 5.28 Å². The van der Waals surface area contributed by atoms with Gasteiger partial charge in [0.2, 0.25) is 17.2 Å².